The number of rotatable bonds is 7. The SMILES string of the molecule is CC1CCN(S(=O)(=O)c2ccc3c(c2)N(CC(=O)NCCc2ccccc2)C(=O)CO3)CC1. The number of hydrogen-bond donors (Lipinski definition) is 1. The van der Waals surface area contributed by atoms with Crippen LogP contribution in [-0.4, -0.2) is 57.3 Å². The average molecular weight is 472 g/mol. The van der Waals surface area contributed by atoms with Gasteiger partial charge < -0.3 is 10.1 Å². The van der Waals surface area contributed by atoms with Crippen molar-refractivity contribution < 1.29 is 22.7 Å². The van der Waals surface area contributed by atoms with Gasteiger partial charge in [0, 0.05) is 19.6 Å². The molecular formula is C24H29N3O5S. The first-order valence-electron chi connectivity index (χ1n) is 11.2. The van der Waals surface area contributed by atoms with E-state index < -0.39 is 10.0 Å². The number of piperidine rings is 1. The van der Waals surface area contributed by atoms with E-state index in [9.17, 15) is 18.0 Å². The molecule has 176 valence electrons. The number of anilines is 1. The third-order valence-corrected chi connectivity index (χ3v) is 8.03. The summed E-state index contributed by atoms with van der Waals surface area (Å²) in [4.78, 5) is 26.5. The topological polar surface area (TPSA) is 96.0 Å². The number of fused-ring (bicyclic) bond motifs is 1. The summed E-state index contributed by atoms with van der Waals surface area (Å²) < 4.78 is 33.3. The van der Waals surface area contributed by atoms with Gasteiger partial charge in [0.15, 0.2) is 6.61 Å². The minimum absolute atomic E-state index is 0.101. The molecular weight excluding hydrogens is 442 g/mol. The number of carbonyl (C=O) groups excluding carboxylic acids is 2. The molecule has 2 aliphatic rings. The highest BCUT2D eigenvalue weighted by Crippen LogP contribution is 2.35. The van der Waals surface area contributed by atoms with E-state index >= 15 is 0 Å². The summed E-state index contributed by atoms with van der Waals surface area (Å²) in [6.45, 7) is 3.12. The average Bonchev–Trinajstić information content (AvgIpc) is 2.81. The Labute approximate surface area is 194 Å². The van der Waals surface area contributed by atoms with E-state index in [1.807, 2.05) is 30.3 Å². The molecule has 1 saturated heterocycles. The van der Waals surface area contributed by atoms with Crippen LogP contribution in [0.4, 0.5) is 5.69 Å². The van der Waals surface area contributed by atoms with Crippen molar-refractivity contribution in [2.45, 2.75) is 31.1 Å². The van der Waals surface area contributed by atoms with Crippen LogP contribution in [0.5, 0.6) is 5.75 Å². The maximum absolute atomic E-state index is 13.2. The molecule has 33 heavy (non-hydrogen) atoms. The number of sulfonamides is 1. The zero-order chi connectivity index (χ0) is 23.4. The van der Waals surface area contributed by atoms with E-state index in [-0.39, 0.29) is 29.9 Å². The third-order valence-electron chi connectivity index (χ3n) is 6.13. The molecule has 2 amide bonds. The number of nitrogens with one attached hydrogen (secondary N) is 1. The molecule has 0 radical (unpaired) electrons. The number of ether oxygens (including phenoxy) is 1. The van der Waals surface area contributed by atoms with Gasteiger partial charge in [-0.25, -0.2) is 8.42 Å². The van der Waals surface area contributed by atoms with E-state index in [4.69, 9.17) is 4.74 Å². The molecule has 0 unspecified atom stereocenters. The van der Waals surface area contributed by atoms with Gasteiger partial charge in [-0.2, -0.15) is 4.31 Å². The zero-order valence-corrected chi connectivity index (χ0v) is 19.5. The second kappa shape index (κ2) is 9.93. The summed E-state index contributed by atoms with van der Waals surface area (Å²) in [6.07, 6.45) is 2.32. The summed E-state index contributed by atoms with van der Waals surface area (Å²) in [7, 11) is -3.69. The minimum atomic E-state index is -3.69. The summed E-state index contributed by atoms with van der Waals surface area (Å²) in [5, 5.41) is 2.83. The van der Waals surface area contributed by atoms with E-state index in [2.05, 4.69) is 12.2 Å². The number of hydrogen-bond acceptors (Lipinski definition) is 5. The fraction of sp³-hybridized carbons (Fsp3) is 0.417. The molecule has 0 aromatic heterocycles. The Balaban J connectivity index is 1.47. The van der Waals surface area contributed by atoms with Crippen molar-refractivity contribution in [3.63, 3.8) is 0 Å². The highest BCUT2D eigenvalue weighted by molar-refractivity contribution is 7.89. The number of benzene rings is 2. The van der Waals surface area contributed by atoms with Gasteiger partial charge in [-0.3, -0.25) is 14.5 Å². The molecule has 2 heterocycles. The van der Waals surface area contributed by atoms with Crippen molar-refractivity contribution >= 4 is 27.5 Å². The Morgan fingerprint density at radius 1 is 1.12 bits per heavy atom. The van der Waals surface area contributed by atoms with Crippen LogP contribution in [0.2, 0.25) is 0 Å². The highest BCUT2D eigenvalue weighted by atomic mass is 32.2. The Morgan fingerprint density at radius 2 is 1.85 bits per heavy atom. The molecule has 2 aromatic carbocycles. The van der Waals surface area contributed by atoms with E-state index in [1.54, 1.807) is 6.07 Å². The lowest BCUT2D eigenvalue weighted by molar-refractivity contribution is -0.125. The Hall–Kier alpha value is -2.91. The van der Waals surface area contributed by atoms with E-state index in [1.165, 1.54) is 21.3 Å². The lowest BCUT2D eigenvalue weighted by Gasteiger charge is -2.31. The Bertz CT molecular complexity index is 1110. The number of amides is 2. The molecule has 0 spiro atoms. The van der Waals surface area contributed by atoms with Crippen LogP contribution < -0.4 is 15.0 Å². The second-order valence-corrected chi connectivity index (χ2v) is 10.5. The number of nitrogens with zero attached hydrogens (tertiary/aromatic N) is 2. The van der Waals surface area contributed by atoms with Crippen LogP contribution in [0.3, 0.4) is 0 Å². The van der Waals surface area contributed by atoms with Gasteiger partial charge in [0.25, 0.3) is 5.91 Å². The fourth-order valence-electron chi connectivity index (χ4n) is 4.08. The van der Waals surface area contributed by atoms with E-state index in [0.29, 0.717) is 43.4 Å². The minimum Gasteiger partial charge on any atom is -0.482 e. The van der Waals surface area contributed by atoms with Gasteiger partial charge in [-0.05, 0) is 48.9 Å². The zero-order valence-electron chi connectivity index (χ0n) is 18.7. The lowest BCUT2D eigenvalue weighted by Crippen LogP contribution is -2.45. The number of carbonyl (C=O) groups is 2. The summed E-state index contributed by atoms with van der Waals surface area (Å²) in [6, 6.07) is 14.3. The predicted molar refractivity (Wildman–Crippen MR) is 125 cm³/mol. The van der Waals surface area contributed by atoms with E-state index in [0.717, 1.165) is 18.4 Å². The van der Waals surface area contributed by atoms with Gasteiger partial charge in [0.1, 0.15) is 12.3 Å². The second-order valence-electron chi connectivity index (χ2n) is 8.57. The van der Waals surface area contributed by atoms with Crippen molar-refractivity contribution in [1.29, 1.82) is 0 Å². The van der Waals surface area contributed by atoms with Crippen molar-refractivity contribution in [2.24, 2.45) is 5.92 Å². The van der Waals surface area contributed by atoms with Crippen LogP contribution in [0.25, 0.3) is 0 Å². The monoisotopic (exact) mass is 471 g/mol. The van der Waals surface area contributed by atoms with Gasteiger partial charge in [-0.1, -0.05) is 37.3 Å². The van der Waals surface area contributed by atoms with Crippen molar-refractivity contribution in [2.75, 3.05) is 37.7 Å². The molecule has 4 rings (SSSR count). The van der Waals surface area contributed by atoms with Crippen LogP contribution in [0.15, 0.2) is 53.4 Å². The molecule has 0 bridgehead atoms. The largest absolute Gasteiger partial charge is 0.482 e. The highest BCUT2D eigenvalue weighted by Gasteiger charge is 2.32. The van der Waals surface area contributed by atoms with Crippen LogP contribution in [-0.2, 0) is 26.0 Å². The maximum Gasteiger partial charge on any atom is 0.265 e. The summed E-state index contributed by atoms with van der Waals surface area (Å²) in [5.74, 6) is 0.187. The van der Waals surface area contributed by atoms with Crippen LogP contribution >= 0.6 is 0 Å². The molecule has 1 fully saturated rings. The molecule has 2 aromatic rings. The smallest absolute Gasteiger partial charge is 0.265 e. The summed E-state index contributed by atoms with van der Waals surface area (Å²) >= 11 is 0. The summed E-state index contributed by atoms with van der Waals surface area (Å²) in [5.41, 5.74) is 1.41. The van der Waals surface area contributed by atoms with Crippen molar-refractivity contribution in [1.82, 2.24) is 9.62 Å². The standard InChI is InChI=1S/C24H29N3O5S/c1-18-10-13-26(14-11-18)33(30,31)20-7-8-22-21(15-20)27(24(29)17-32-22)16-23(28)25-12-9-19-5-3-2-4-6-19/h2-8,15,18H,9-14,16-17H2,1H3,(H,25,28). The van der Waals surface area contributed by atoms with Gasteiger partial charge in [-0.15, -0.1) is 0 Å². The van der Waals surface area contributed by atoms with Gasteiger partial charge in [0.2, 0.25) is 15.9 Å². The van der Waals surface area contributed by atoms with Crippen molar-refractivity contribution in [3.05, 3.63) is 54.1 Å². The first kappa shape index (κ1) is 23.3. The predicted octanol–water partition coefficient (Wildman–Crippen LogP) is 2.19. The molecule has 1 N–H and O–H groups in total. The van der Waals surface area contributed by atoms with Gasteiger partial charge in [0.05, 0.1) is 10.6 Å². The molecule has 8 nitrogen and oxygen atoms in total. The molecule has 2 aliphatic heterocycles. The van der Waals surface area contributed by atoms with Crippen LogP contribution in [0.1, 0.15) is 25.3 Å². The fourth-order valence-corrected chi connectivity index (χ4v) is 5.57. The first-order chi connectivity index (χ1) is 15.8. The Morgan fingerprint density at radius 3 is 2.58 bits per heavy atom. The van der Waals surface area contributed by atoms with Gasteiger partial charge >= 0.3 is 0 Å². The Kier molecular flexibility index (Phi) is 6.99. The quantitative estimate of drug-likeness (QED) is 0.668. The third kappa shape index (κ3) is 5.36. The normalized spacial score (nSPS) is 17.4. The lowest BCUT2D eigenvalue weighted by atomic mass is 10.0. The molecule has 0 atom stereocenters. The molecule has 9 heteroatoms. The van der Waals surface area contributed by atoms with Crippen molar-refractivity contribution in [3.8, 4) is 5.75 Å². The first-order valence-corrected chi connectivity index (χ1v) is 12.7. The molecule has 0 aliphatic carbocycles. The molecule has 0 saturated carbocycles. The maximum atomic E-state index is 13.2. The van der Waals surface area contributed by atoms with Crippen LogP contribution in [0, 0.1) is 5.92 Å².